The molecule has 2 amide bonds. The van der Waals surface area contributed by atoms with E-state index in [4.69, 9.17) is 4.74 Å². The molecule has 5 nitrogen and oxygen atoms in total. The lowest BCUT2D eigenvalue weighted by Crippen LogP contribution is -2.52. The average molecular weight is 491 g/mol. The molecule has 166 valence electrons. The number of rotatable bonds is 3. The fourth-order valence-corrected chi connectivity index (χ4v) is 4.10. The monoisotopic (exact) mass is 490 g/mol. The second-order valence-electron chi connectivity index (χ2n) is 8.91. The summed E-state index contributed by atoms with van der Waals surface area (Å²) in [7, 11) is 0. The smallest absolute Gasteiger partial charge is 0.410 e. The predicted molar refractivity (Wildman–Crippen MR) is 122 cm³/mol. The Morgan fingerprint density at radius 3 is 2.45 bits per heavy atom. The summed E-state index contributed by atoms with van der Waals surface area (Å²) in [6, 6.07) is 11.6. The largest absolute Gasteiger partial charge is 0.444 e. The molecule has 3 rings (SSSR count). The van der Waals surface area contributed by atoms with E-state index in [0.717, 1.165) is 15.6 Å². The lowest BCUT2D eigenvalue weighted by atomic mass is 9.83. The molecular weight excluding hydrogens is 463 g/mol. The van der Waals surface area contributed by atoms with Crippen LogP contribution in [-0.2, 0) is 4.74 Å². The molecule has 2 aromatic carbocycles. The van der Waals surface area contributed by atoms with Crippen LogP contribution in [0.5, 0.6) is 0 Å². The van der Waals surface area contributed by atoms with Gasteiger partial charge in [-0.25, -0.2) is 9.18 Å². The van der Waals surface area contributed by atoms with Crippen molar-refractivity contribution in [3.05, 3.63) is 69.4 Å². The first-order valence-electron chi connectivity index (χ1n) is 10.3. The molecule has 2 atom stereocenters. The normalized spacial score (nSPS) is 19.1. The quantitative estimate of drug-likeness (QED) is 0.624. The summed E-state index contributed by atoms with van der Waals surface area (Å²) in [5.41, 5.74) is 1.67. The fraction of sp³-hybridized carbons (Fsp3) is 0.417. The van der Waals surface area contributed by atoms with Crippen molar-refractivity contribution in [1.29, 1.82) is 0 Å². The number of hydrogen-bond donors (Lipinski definition) is 1. The van der Waals surface area contributed by atoms with Crippen LogP contribution >= 0.6 is 15.9 Å². The highest BCUT2D eigenvalue weighted by Crippen LogP contribution is 2.31. The standard InChI is InChI=1S/C24H28BrFN2O3/c1-15-13-18(26)9-10-19(15)20-14-28(23(30)31-24(2,3)4)12-11-21(20)27-22(29)16-5-7-17(25)8-6-16/h5-10,13,20-21H,11-12,14H2,1-4H3,(H,27,29)/t20-,21+/m0/s1. The van der Waals surface area contributed by atoms with Crippen molar-refractivity contribution in [2.24, 2.45) is 0 Å². The molecule has 31 heavy (non-hydrogen) atoms. The van der Waals surface area contributed by atoms with Crippen molar-refractivity contribution in [3.63, 3.8) is 0 Å². The first kappa shape index (κ1) is 23.3. The van der Waals surface area contributed by atoms with E-state index in [2.05, 4.69) is 21.2 Å². The highest BCUT2D eigenvalue weighted by atomic mass is 79.9. The number of halogens is 2. The molecule has 0 unspecified atom stereocenters. The van der Waals surface area contributed by atoms with Gasteiger partial charge in [-0.05, 0) is 81.6 Å². The van der Waals surface area contributed by atoms with Gasteiger partial charge in [0.25, 0.3) is 5.91 Å². The summed E-state index contributed by atoms with van der Waals surface area (Å²) < 4.78 is 20.1. The summed E-state index contributed by atoms with van der Waals surface area (Å²) in [5, 5.41) is 3.13. The Kier molecular flexibility index (Phi) is 7.04. The van der Waals surface area contributed by atoms with Gasteiger partial charge in [0.05, 0.1) is 0 Å². The zero-order valence-electron chi connectivity index (χ0n) is 18.2. The Labute approximate surface area is 191 Å². The number of carbonyl (C=O) groups is 2. The van der Waals surface area contributed by atoms with E-state index < -0.39 is 5.60 Å². The van der Waals surface area contributed by atoms with Crippen LogP contribution in [0.15, 0.2) is 46.9 Å². The molecule has 7 heteroatoms. The van der Waals surface area contributed by atoms with Gasteiger partial charge in [0, 0.05) is 35.1 Å². The van der Waals surface area contributed by atoms with E-state index in [-0.39, 0.29) is 29.8 Å². The van der Waals surface area contributed by atoms with E-state index in [1.165, 1.54) is 12.1 Å². The number of carbonyl (C=O) groups excluding carboxylic acids is 2. The number of amides is 2. The second-order valence-corrected chi connectivity index (χ2v) is 9.82. The van der Waals surface area contributed by atoms with Gasteiger partial charge in [-0.2, -0.15) is 0 Å². The van der Waals surface area contributed by atoms with Gasteiger partial charge in [0.1, 0.15) is 11.4 Å². The third kappa shape index (κ3) is 6.06. The van der Waals surface area contributed by atoms with Crippen LogP contribution in [0.1, 0.15) is 54.6 Å². The number of hydrogen-bond acceptors (Lipinski definition) is 3. The minimum absolute atomic E-state index is 0.173. The van der Waals surface area contributed by atoms with Crippen LogP contribution in [0.4, 0.5) is 9.18 Å². The van der Waals surface area contributed by atoms with Crippen molar-refractivity contribution in [2.75, 3.05) is 13.1 Å². The number of ether oxygens (including phenoxy) is 1. The third-order valence-electron chi connectivity index (χ3n) is 5.32. The van der Waals surface area contributed by atoms with E-state index in [0.29, 0.717) is 25.1 Å². The maximum Gasteiger partial charge on any atom is 0.410 e. The van der Waals surface area contributed by atoms with Gasteiger partial charge >= 0.3 is 6.09 Å². The van der Waals surface area contributed by atoms with Gasteiger partial charge < -0.3 is 15.0 Å². The number of nitrogens with one attached hydrogen (secondary N) is 1. The van der Waals surface area contributed by atoms with Gasteiger partial charge in [0.15, 0.2) is 0 Å². The highest BCUT2D eigenvalue weighted by molar-refractivity contribution is 9.10. The van der Waals surface area contributed by atoms with Gasteiger partial charge in [0.2, 0.25) is 0 Å². The average Bonchev–Trinajstić information content (AvgIpc) is 2.67. The fourth-order valence-electron chi connectivity index (χ4n) is 3.84. The molecule has 1 aliphatic rings. The van der Waals surface area contributed by atoms with Crippen LogP contribution in [-0.4, -0.2) is 41.6 Å². The number of nitrogens with zero attached hydrogens (tertiary/aromatic N) is 1. The Balaban J connectivity index is 1.84. The minimum atomic E-state index is -0.592. The minimum Gasteiger partial charge on any atom is -0.444 e. The first-order chi connectivity index (χ1) is 14.5. The number of likely N-dealkylation sites (tertiary alicyclic amines) is 1. The highest BCUT2D eigenvalue weighted by Gasteiger charge is 2.36. The topological polar surface area (TPSA) is 58.6 Å². The van der Waals surface area contributed by atoms with Crippen LogP contribution in [0.2, 0.25) is 0 Å². The van der Waals surface area contributed by atoms with E-state index in [1.807, 2.05) is 39.8 Å². The zero-order chi connectivity index (χ0) is 22.8. The van der Waals surface area contributed by atoms with Crippen LogP contribution in [0, 0.1) is 12.7 Å². The Morgan fingerprint density at radius 1 is 1.16 bits per heavy atom. The van der Waals surface area contributed by atoms with Crippen molar-refractivity contribution in [3.8, 4) is 0 Å². The molecule has 1 saturated heterocycles. The number of benzene rings is 2. The van der Waals surface area contributed by atoms with Crippen molar-refractivity contribution < 1.29 is 18.7 Å². The van der Waals surface area contributed by atoms with Crippen LogP contribution < -0.4 is 5.32 Å². The molecule has 1 aliphatic heterocycles. The third-order valence-corrected chi connectivity index (χ3v) is 5.85. The number of aryl methyl sites for hydroxylation is 1. The van der Waals surface area contributed by atoms with Gasteiger partial charge in [-0.3, -0.25) is 4.79 Å². The predicted octanol–water partition coefficient (Wildman–Crippen LogP) is 5.42. The number of piperidine rings is 1. The van der Waals surface area contributed by atoms with Crippen LogP contribution in [0.3, 0.4) is 0 Å². The molecule has 1 N–H and O–H groups in total. The summed E-state index contributed by atoms with van der Waals surface area (Å²) in [5.74, 6) is -0.661. The Hall–Kier alpha value is -2.41. The molecule has 1 fully saturated rings. The Morgan fingerprint density at radius 2 is 1.84 bits per heavy atom. The van der Waals surface area contributed by atoms with E-state index >= 15 is 0 Å². The van der Waals surface area contributed by atoms with E-state index in [1.54, 1.807) is 23.1 Å². The molecule has 0 bridgehead atoms. The summed E-state index contributed by atoms with van der Waals surface area (Å²) in [6.45, 7) is 8.19. The maximum atomic E-state index is 13.7. The maximum absolute atomic E-state index is 13.7. The lowest BCUT2D eigenvalue weighted by Gasteiger charge is -2.40. The van der Waals surface area contributed by atoms with Crippen molar-refractivity contribution in [2.45, 2.75) is 51.7 Å². The summed E-state index contributed by atoms with van der Waals surface area (Å²) in [6.07, 6.45) is 0.193. The summed E-state index contributed by atoms with van der Waals surface area (Å²) >= 11 is 3.38. The molecule has 0 radical (unpaired) electrons. The van der Waals surface area contributed by atoms with Crippen molar-refractivity contribution in [1.82, 2.24) is 10.2 Å². The molecule has 0 saturated carbocycles. The van der Waals surface area contributed by atoms with Crippen LogP contribution in [0.25, 0.3) is 0 Å². The second kappa shape index (κ2) is 9.39. The molecule has 1 heterocycles. The van der Waals surface area contributed by atoms with E-state index in [9.17, 15) is 14.0 Å². The zero-order valence-corrected chi connectivity index (χ0v) is 19.8. The molecule has 0 aliphatic carbocycles. The van der Waals surface area contributed by atoms with Gasteiger partial charge in [-0.15, -0.1) is 0 Å². The molecule has 2 aromatic rings. The SMILES string of the molecule is Cc1cc(F)ccc1[C@@H]1CN(C(=O)OC(C)(C)C)CC[C@H]1NC(=O)c1ccc(Br)cc1. The summed E-state index contributed by atoms with van der Waals surface area (Å²) in [4.78, 5) is 27.2. The van der Waals surface area contributed by atoms with Gasteiger partial charge in [-0.1, -0.05) is 22.0 Å². The lowest BCUT2D eigenvalue weighted by molar-refractivity contribution is 0.0176. The molecule has 0 spiro atoms. The molecule has 0 aromatic heterocycles. The first-order valence-corrected chi connectivity index (χ1v) is 11.1. The van der Waals surface area contributed by atoms with Crippen molar-refractivity contribution >= 4 is 27.9 Å². The Bertz CT molecular complexity index is 956. The molecular formula is C24H28BrFN2O3.